The van der Waals surface area contributed by atoms with Crippen molar-refractivity contribution in [1.29, 1.82) is 0 Å². The third kappa shape index (κ3) is 9.65. The van der Waals surface area contributed by atoms with Crippen molar-refractivity contribution in [2.45, 2.75) is 59.5 Å². The van der Waals surface area contributed by atoms with Crippen LogP contribution in [0.4, 0.5) is 5.69 Å². The first-order valence-electron chi connectivity index (χ1n) is 12.5. The van der Waals surface area contributed by atoms with Gasteiger partial charge in [0.25, 0.3) is 5.91 Å². The highest BCUT2D eigenvalue weighted by atomic mass is 79.9. The molecule has 194 valence electrons. The third-order valence-corrected chi connectivity index (χ3v) is 6.42. The molecule has 0 heterocycles. The smallest absolute Gasteiger partial charge is 0.338 e. The molecule has 35 heavy (non-hydrogen) atoms. The fourth-order valence-electron chi connectivity index (χ4n) is 3.71. The summed E-state index contributed by atoms with van der Waals surface area (Å²) in [4.78, 5) is 25.3. The summed E-state index contributed by atoms with van der Waals surface area (Å²) in [6.07, 6.45) is 4.07. The lowest BCUT2D eigenvalue weighted by Gasteiger charge is -2.31. The summed E-state index contributed by atoms with van der Waals surface area (Å²) in [5.41, 5.74) is 1.57. The molecule has 0 atom stereocenters. The number of nitrogens with zero attached hydrogens (tertiary/aromatic N) is 1. The van der Waals surface area contributed by atoms with Crippen molar-refractivity contribution in [3.63, 3.8) is 0 Å². The van der Waals surface area contributed by atoms with Crippen LogP contribution in [0.2, 0.25) is 0 Å². The van der Waals surface area contributed by atoms with Crippen LogP contribution in [0.5, 0.6) is 5.75 Å². The average Bonchev–Trinajstić information content (AvgIpc) is 2.85. The average molecular weight is 550 g/mol. The van der Waals surface area contributed by atoms with Gasteiger partial charge in [-0.15, -0.1) is 0 Å². The van der Waals surface area contributed by atoms with Crippen LogP contribution in [0.1, 0.15) is 74.1 Å². The highest BCUT2D eigenvalue weighted by molar-refractivity contribution is 6.06. The topological polar surface area (TPSA) is 64.6 Å². The Kier molecular flexibility index (Phi) is 13.6. The summed E-state index contributed by atoms with van der Waals surface area (Å²) < 4.78 is 12.5. The van der Waals surface area contributed by atoms with Gasteiger partial charge in [0.1, 0.15) is 18.9 Å². The van der Waals surface area contributed by atoms with Crippen molar-refractivity contribution in [2.24, 2.45) is 0 Å². The lowest BCUT2D eigenvalue weighted by molar-refractivity contribution is -0.906. The molecule has 0 fully saturated rings. The number of para-hydroxylation sites is 1. The van der Waals surface area contributed by atoms with Gasteiger partial charge >= 0.3 is 5.97 Å². The van der Waals surface area contributed by atoms with E-state index < -0.39 is 0 Å². The lowest BCUT2D eigenvalue weighted by Crippen LogP contribution is -3.00. The normalized spacial score (nSPS) is 11.0. The SMILES string of the molecule is CCCC(CCC)Oc1ccccc1C(=O)Nc1ccc(C(=O)OCC[N+](C)(CC)CC)cc1.[Br-]. The number of hydrogen-bond acceptors (Lipinski definition) is 4. The molecule has 1 N–H and O–H groups in total. The van der Waals surface area contributed by atoms with Crippen molar-refractivity contribution < 1.29 is 40.5 Å². The second-order valence-electron chi connectivity index (χ2n) is 8.96. The standard InChI is InChI=1S/C28H40N2O4.BrH/c1-6-12-24(13-7-2)34-26-15-11-10-14-25(26)27(31)29-23-18-16-22(17-19-23)28(32)33-21-20-30(5,8-3)9-4;/h10-11,14-19,24H,6-9,12-13,20-21H2,1-5H3;1H. The van der Waals surface area contributed by atoms with E-state index in [2.05, 4.69) is 40.1 Å². The summed E-state index contributed by atoms with van der Waals surface area (Å²) >= 11 is 0. The molecule has 1 amide bonds. The molecule has 0 aliphatic heterocycles. The quantitative estimate of drug-likeness (QED) is 0.291. The van der Waals surface area contributed by atoms with Gasteiger partial charge < -0.3 is 36.3 Å². The molecule has 0 aliphatic rings. The van der Waals surface area contributed by atoms with Gasteiger partial charge in [-0.25, -0.2) is 4.79 Å². The predicted molar refractivity (Wildman–Crippen MR) is 137 cm³/mol. The molecule has 2 aromatic carbocycles. The van der Waals surface area contributed by atoms with Gasteiger partial charge in [0.2, 0.25) is 0 Å². The van der Waals surface area contributed by atoms with Crippen LogP contribution in [0, 0.1) is 0 Å². The van der Waals surface area contributed by atoms with Gasteiger partial charge in [-0.05, 0) is 63.1 Å². The van der Waals surface area contributed by atoms with Gasteiger partial charge in [-0.1, -0.05) is 38.8 Å². The minimum atomic E-state index is -0.353. The van der Waals surface area contributed by atoms with E-state index in [1.54, 1.807) is 30.3 Å². The van der Waals surface area contributed by atoms with Gasteiger partial charge in [0, 0.05) is 5.69 Å². The number of carbonyl (C=O) groups is 2. The zero-order valence-corrected chi connectivity index (χ0v) is 23.4. The van der Waals surface area contributed by atoms with Crippen LogP contribution < -0.4 is 27.0 Å². The molecule has 0 aliphatic carbocycles. The number of halogens is 1. The number of benzene rings is 2. The first-order chi connectivity index (χ1) is 16.4. The van der Waals surface area contributed by atoms with Crippen molar-refractivity contribution >= 4 is 17.6 Å². The number of ether oxygens (including phenoxy) is 2. The molecule has 0 bridgehead atoms. The number of nitrogens with one attached hydrogen (secondary N) is 1. The van der Waals surface area contributed by atoms with Crippen LogP contribution in [-0.4, -0.2) is 55.8 Å². The molecule has 0 spiro atoms. The number of hydrogen-bond donors (Lipinski definition) is 1. The Balaban J connectivity index is 0.00000612. The highest BCUT2D eigenvalue weighted by Gasteiger charge is 2.18. The number of likely N-dealkylation sites (N-methyl/N-ethyl adjacent to an activating group) is 1. The number of esters is 1. The zero-order valence-electron chi connectivity index (χ0n) is 21.8. The highest BCUT2D eigenvalue weighted by Crippen LogP contribution is 2.24. The predicted octanol–water partition coefficient (Wildman–Crippen LogP) is 2.93. The third-order valence-electron chi connectivity index (χ3n) is 6.42. The van der Waals surface area contributed by atoms with E-state index in [9.17, 15) is 9.59 Å². The minimum absolute atomic E-state index is 0. The van der Waals surface area contributed by atoms with Crippen LogP contribution in [0.25, 0.3) is 0 Å². The largest absolute Gasteiger partial charge is 1.00 e. The maximum Gasteiger partial charge on any atom is 0.338 e. The van der Waals surface area contributed by atoms with E-state index in [-0.39, 0.29) is 35.0 Å². The Morgan fingerprint density at radius 1 is 0.914 bits per heavy atom. The Hall–Kier alpha value is -2.38. The molecule has 7 heteroatoms. The number of rotatable bonds is 14. The molecule has 0 saturated carbocycles. The molecule has 6 nitrogen and oxygen atoms in total. The van der Waals surface area contributed by atoms with E-state index >= 15 is 0 Å². The van der Waals surface area contributed by atoms with E-state index in [0.29, 0.717) is 29.2 Å². The number of anilines is 1. The Labute approximate surface area is 221 Å². The van der Waals surface area contributed by atoms with E-state index in [4.69, 9.17) is 9.47 Å². The van der Waals surface area contributed by atoms with Crippen LogP contribution in [0.15, 0.2) is 48.5 Å². The van der Waals surface area contributed by atoms with E-state index in [1.165, 1.54) is 0 Å². The Bertz CT molecular complexity index is 907. The second kappa shape index (κ2) is 15.6. The Morgan fingerprint density at radius 2 is 1.51 bits per heavy atom. The number of carbonyl (C=O) groups excluding carboxylic acids is 2. The maximum atomic E-state index is 13.0. The van der Waals surface area contributed by atoms with Crippen LogP contribution in [0.3, 0.4) is 0 Å². The number of amides is 1. The van der Waals surface area contributed by atoms with E-state index in [0.717, 1.165) is 49.8 Å². The lowest BCUT2D eigenvalue weighted by atomic mass is 10.1. The molecular formula is C28H41BrN2O4. The van der Waals surface area contributed by atoms with Crippen molar-refractivity contribution in [3.05, 3.63) is 59.7 Å². The summed E-state index contributed by atoms with van der Waals surface area (Å²) in [5.74, 6) is -0.00112. The maximum absolute atomic E-state index is 13.0. The first kappa shape index (κ1) is 30.7. The van der Waals surface area contributed by atoms with Gasteiger partial charge in [0.15, 0.2) is 0 Å². The molecule has 0 aromatic heterocycles. The molecule has 2 aromatic rings. The monoisotopic (exact) mass is 548 g/mol. The van der Waals surface area contributed by atoms with E-state index in [1.807, 2.05) is 18.2 Å². The second-order valence-corrected chi connectivity index (χ2v) is 8.96. The zero-order chi connectivity index (χ0) is 25.0. The molecular weight excluding hydrogens is 508 g/mol. The van der Waals surface area contributed by atoms with Crippen LogP contribution >= 0.6 is 0 Å². The van der Waals surface area contributed by atoms with Gasteiger partial charge in [0.05, 0.1) is 37.4 Å². The minimum Gasteiger partial charge on any atom is -1.00 e. The van der Waals surface area contributed by atoms with Gasteiger partial charge in [-0.2, -0.15) is 0 Å². The fourth-order valence-corrected chi connectivity index (χ4v) is 3.71. The first-order valence-corrected chi connectivity index (χ1v) is 12.5. The Morgan fingerprint density at radius 3 is 2.09 bits per heavy atom. The molecule has 0 unspecified atom stereocenters. The fraction of sp³-hybridized carbons (Fsp3) is 0.500. The molecule has 0 radical (unpaired) electrons. The van der Waals surface area contributed by atoms with Crippen molar-refractivity contribution in [3.8, 4) is 5.75 Å². The summed E-state index contributed by atoms with van der Waals surface area (Å²) in [7, 11) is 2.16. The summed E-state index contributed by atoms with van der Waals surface area (Å²) in [5, 5.41) is 2.91. The van der Waals surface area contributed by atoms with Crippen molar-refractivity contribution in [1.82, 2.24) is 0 Å². The summed E-state index contributed by atoms with van der Waals surface area (Å²) in [6, 6.07) is 14.1. The summed E-state index contributed by atoms with van der Waals surface area (Å²) in [6.45, 7) is 11.7. The molecule has 2 rings (SSSR count). The van der Waals surface area contributed by atoms with Crippen molar-refractivity contribution in [2.75, 3.05) is 38.6 Å². The molecule has 0 saturated heterocycles. The van der Waals surface area contributed by atoms with Crippen LogP contribution in [-0.2, 0) is 4.74 Å². The number of quaternary nitrogens is 1. The van der Waals surface area contributed by atoms with Gasteiger partial charge in [-0.3, -0.25) is 4.79 Å².